The summed E-state index contributed by atoms with van der Waals surface area (Å²) in [4.78, 5) is 4.36. The highest BCUT2D eigenvalue weighted by molar-refractivity contribution is 9.10. The van der Waals surface area contributed by atoms with Crippen LogP contribution in [0.1, 0.15) is 11.4 Å². The fourth-order valence-electron chi connectivity index (χ4n) is 1.73. The van der Waals surface area contributed by atoms with E-state index in [1.54, 1.807) is 31.2 Å². The summed E-state index contributed by atoms with van der Waals surface area (Å²) in [5.74, 6) is 0. The molecule has 3 N–H and O–H groups in total. The van der Waals surface area contributed by atoms with E-state index in [1.165, 1.54) is 6.07 Å². The third-order valence-electron chi connectivity index (χ3n) is 2.71. The van der Waals surface area contributed by atoms with E-state index in [9.17, 15) is 8.42 Å². The number of aryl methyl sites for hydroxylation is 2. The Bertz CT molecular complexity index is 760. The molecule has 7 heteroatoms. The number of anilines is 2. The fourth-order valence-corrected chi connectivity index (χ4v) is 3.94. The Morgan fingerprint density at radius 1 is 1.20 bits per heavy atom. The number of nitrogens with one attached hydrogen (secondary N) is 1. The number of pyridine rings is 1. The first-order valence-corrected chi connectivity index (χ1v) is 8.09. The average Bonchev–Trinajstić information content (AvgIpc) is 2.32. The van der Waals surface area contributed by atoms with E-state index in [0.717, 1.165) is 5.69 Å². The summed E-state index contributed by atoms with van der Waals surface area (Å²) in [6.45, 7) is 3.60. The van der Waals surface area contributed by atoms with Gasteiger partial charge in [-0.2, -0.15) is 0 Å². The smallest absolute Gasteiger partial charge is 0.263 e. The number of sulfonamides is 1. The standard InChI is InChI=1S/C13H14BrN3O2S/c1-8-3-5-12(9(2)16-8)17-20(18,19)13-6-4-10(15)7-11(13)14/h3-7,17H,15H2,1-2H3. The largest absolute Gasteiger partial charge is 0.399 e. The third kappa shape index (κ3) is 3.10. The summed E-state index contributed by atoms with van der Waals surface area (Å²) >= 11 is 3.21. The average molecular weight is 356 g/mol. The van der Waals surface area contributed by atoms with Crippen molar-refractivity contribution in [3.63, 3.8) is 0 Å². The van der Waals surface area contributed by atoms with E-state index >= 15 is 0 Å². The highest BCUT2D eigenvalue weighted by atomic mass is 79.9. The summed E-state index contributed by atoms with van der Waals surface area (Å²) in [7, 11) is -3.69. The number of rotatable bonds is 3. The highest BCUT2D eigenvalue weighted by Gasteiger charge is 2.18. The topological polar surface area (TPSA) is 85.1 Å². The predicted molar refractivity (Wildman–Crippen MR) is 83.1 cm³/mol. The van der Waals surface area contributed by atoms with Crippen LogP contribution in [0.15, 0.2) is 39.7 Å². The predicted octanol–water partition coefficient (Wildman–Crippen LogP) is 2.84. The Labute approximate surface area is 126 Å². The molecule has 0 aliphatic rings. The number of nitrogen functional groups attached to an aromatic ring is 1. The number of nitrogens with two attached hydrogens (primary N) is 1. The van der Waals surface area contributed by atoms with E-state index in [4.69, 9.17) is 5.73 Å². The van der Waals surface area contributed by atoms with Crippen molar-refractivity contribution in [2.75, 3.05) is 10.5 Å². The van der Waals surface area contributed by atoms with Gasteiger partial charge < -0.3 is 5.73 Å². The van der Waals surface area contributed by atoms with Crippen molar-refractivity contribution in [2.45, 2.75) is 18.7 Å². The Morgan fingerprint density at radius 2 is 1.90 bits per heavy atom. The zero-order valence-electron chi connectivity index (χ0n) is 11.0. The molecule has 0 amide bonds. The van der Waals surface area contributed by atoms with E-state index in [1.807, 2.05) is 6.92 Å². The Balaban J connectivity index is 2.41. The van der Waals surface area contributed by atoms with Crippen LogP contribution in [-0.2, 0) is 10.0 Å². The monoisotopic (exact) mass is 355 g/mol. The normalized spacial score (nSPS) is 11.3. The van der Waals surface area contributed by atoms with E-state index in [2.05, 4.69) is 25.6 Å². The molecule has 2 aromatic rings. The van der Waals surface area contributed by atoms with Crippen LogP contribution in [0.5, 0.6) is 0 Å². The van der Waals surface area contributed by atoms with Gasteiger partial charge in [0, 0.05) is 15.9 Å². The number of nitrogens with zero attached hydrogens (tertiary/aromatic N) is 1. The van der Waals surface area contributed by atoms with Crippen LogP contribution in [0, 0.1) is 13.8 Å². The zero-order valence-corrected chi connectivity index (χ0v) is 13.4. The molecule has 5 nitrogen and oxygen atoms in total. The summed E-state index contributed by atoms with van der Waals surface area (Å²) in [5, 5.41) is 0. The fraction of sp³-hybridized carbons (Fsp3) is 0.154. The van der Waals surface area contributed by atoms with Gasteiger partial charge in [-0.1, -0.05) is 0 Å². The Morgan fingerprint density at radius 3 is 2.50 bits per heavy atom. The maximum Gasteiger partial charge on any atom is 0.263 e. The molecule has 0 aliphatic carbocycles. The quantitative estimate of drug-likeness (QED) is 0.829. The lowest BCUT2D eigenvalue weighted by molar-refractivity contribution is 0.600. The van der Waals surface area contributed by atoms with Crippen LogP contribution in [-0.4, -0.2) is 13.4 Å². The second-order valence-corrected chi connectivity index (χ2v) is 6.89. The second kappa shape index (κ2) is 5.41. The van der Waals surface area contributed by atoms with E-state index in [-0.39, 0.29) is 4.90 Å². The van der Waals surface area contributed by atoms with Gasteiger partial charge in [0.05, 0.1) is 11.4 Å². The van der Waals surface area contributed by atoms with Crippen LogP contribution >= 0.6 is 15.9 Å². The minimum absolute atomic E-state index is 0.131. The van der Waals surface area contributed by atoms with Gasteiger partial charge in [-0.15, -0.1) is 0 Å². The number of aromatic nitrogens is 1. The molecule has 20 heavy (non-hydrogen) atoms. The van der Waals surface area contributed by atoms with Crippen molar-refractivity contribution in [3.05, 3.63) is 46.2 Å². The molecular weight excluding hydrogens is 342 g/mol. The van der Waals surface area contributed by atoms with Gasteiger partial charge in [0.25, 0.3) is 10.0 Å². The Hall–Kier alpha value is -1.60. The molecule has 0 fully saturated rings. The van der Waals surface area contributed by atoms with Crippen LogP contribution in [0.2, 0.25) is 0 Å². The molecule has 0 unspecified atom stereocenters. The Kier molecular flexibility index (Phi) is 4.01. The summed E-state index contributed by atoms with van der Waals surface area (Å²) in [6.07, 6.45) is 0. The molecule has 0 aliphatic heterocycles. The first-order chi connectivity index (χ1) is 9.29. The third-order valence-corrected chi connectivity index (χ3v) is 5.06. The first-order valence-electron chi connectivity index (χ1n) is 5.82. The molecule has 0 atom stereocenters. The summed E-state index contributed by atoms with van der Waals surface area (Å²) < 4.78 is 27.7. The SMILES string of the molecule is Cc1ccc(NS(=O)(=O)c2ccc(N)cc2Br)c(C)n1. The molecule has 0 saturated carbocycles. The van der Waals surface area contributed by atoms with Crippen LogP contribution in [0.25, 0.3) is 0 Å². The molecule has 1 heterocycles. The van der Waals surface area contributed by atoms with Gasteiger partial charge in [0.15, 0.2) is 0 Å². The second-order valence-electron chi connectivity index (χ2n) is 4.38. The zero-order chi connectivity index (χ0) is 14.9. The van der Waals surface area contributed by atoms with Crippen LogP contribution in [0.4, 0.5) is 11.4 Å². The van der Waals surface area contributed by atoms with Crippen LogP contribution < -0.4 is 10.5 Å². The van der Waals surface area contributed by atoms with Gasteiger partial charge in [-0.25, -0.2) is 8.42 Å². The van der Waals surface area contributed by atoms with Crippen molar-refractivity contribution in [3.8, 4) is 0 Å². The summed E-state index contributed by atoms with van der Waals surface area (Å²) in [5.41, 5.74) is 8.01. The minimum Gasteiger partial charge on any atom is -0.399 e. The minimum atomic E-state index is -3.69. The van der Waals surface area contributed by atoms with Crippen molar-refractivity contribution in [2.24, 2.45) is 0 Å². The van der Waals surface area contributed by atoms with Crippen molar-refractivity contribution < 1.29 is 8.42 Å². The lowest BCUT2D eigenvalue weighted by Crippen LogP contribution is -2.15. The van der Waals surface area contributed by atoms with Crippen molar-refractivity contribution in [1.29, 1.82) is 0 Å². The highest BCUT2D eigenvalue weighted by Crippen LogP contribution is 2.26. The van der Waals surface area contributed by atoms with E-state index in [0.29, 0.717) is 21.5 Å². The molecule has 0 saturated heterocycles. The van der Waals surface area contributed by atoms with Crippen molar-refractivity contribution >= 4 is 37.3 Å². The first kappa shape index (κ1) is 14.8. The molecule has 2 rings (SSSR count). The molecule has 1 aromatic carbocycles. The van der Waals surface area contributed by atoms with Gasteiger partial charge in [0.1, 0.15) is 4.90 Å². The van der Waals surface area contributed by atoms with E-state index < -0.39 is 10.0 Å². The molecule has 0 spiro atoms. The molecule has 106 valence electrons. The maximum atomic E-state index is 12.4. The van der Waals surface area contributed by atoms with Gasteiger partial charge in [0.2, 0.25) is 0 Å². The molecule has 0 bridgehead atoms. The van der Waals surface area contributed by atoms with Crippen LogP contribution in [0.3, 0.4) is 0 Å². The molecule has 0 radical (unpaired) electrons. The van der Waals surface area contributed by atoms with Gasteiger partial charge in [-0.3, -0.25) is 9.71 Å². The van der Waals surface area contributed by atoms with Crippen molar-refractivity contribution in [1.82, 2.24) is 4.98 Å². The van der Waals surface area contributed by atoms with Gasteiger partial charge >= 0.3 is 0 Å². The number of hydrogen-bond acceptors (Lipinski definition) is 4. The maximum absolute atomic E-state index is 12.4. The van der Waals surface area contributed by atoms with Gasteiger partial charge in [-0.05, 0) is 60.1 Å². The number of benzene rings is 1. The summed E-state index contributed by atoms with van der Waals surface area (Å²) in [6, 6.07) is 8.00. The molecular formula is C13H14BrN3O2S. The number of halogens is 1. The number of hydrogen-bond donors (Lipinski definition) is 2. The molecule has 1 aromatic heterocycles. The lowest BCUT2D eigenvalue weighted by Gasteiger charge is -2.12. The lowest BCUT2D eigenvalue weighted by atomic mass is 10.3.